The summed E-state index contributed by atoms with van der Waals surface area (Å²) in [5.74, 6) is 0.749. The molecule has 1 aromatic carbocycles. The molecule has 5 heteroatoms. The number of nitro groups is 1. The van der Waals surface area contributed by atoms with Gasteiger partial charge in [-0.15, -0.1) is 0 Å². The molecule has 0 amide bonds. The number of methoxy groups -OCH3 is 1. The van der Waals surface area contributed by atoms with Gasteiger partial charge in [0.15, 0.2) is 5.75 Å². The second-order valence-electron chi connectivity index (χ2n) is 4.55. The zero-order valence-corrected chi connectivity index (χ0v) is 11.3. The highest BCUT2D eigenvalue weighted by molar-refractivity contribution is 5.58. The fourth-order valence-electron chi connectivity index (χ4n) is 1.88. The van der Waals surface area contributed by atoms with Crippen LogP contribution in [-0.2, 0) is 0 Å². The molecule has 1 unspecified atom stereocenters. The Morgan fingerprint density at radius 2 is 2.11 bits per heavy atom. The average molecular weight is 252 g/mol. The zero-order chi connectivity index (χ0) is 13.7. The van der Waals surface area contributed by atoms with Gasteiger partial charge < -0.3 is 10.1 Å². The molecule has 0 spiro atoms. The number of rotatable bonds is 6. The summed E-state index contributed by atoms with van der Waals surface area (Å²) in [4.78, 5) is 10.5. The number of anilines is 1. The third-order valence-corrected chi connectivity index (χ3v) is 2.97. The second kappa shape index (κ2) is 6.23. The van der Waals surface area contributed by atoms with Crippen molar-refractivity contribution in [3.05, 3.63) is 28.3 Å². The molecule has 0 saturated carbocycles. The van der Waals surface area contributed by atoms with Crippen molar-refractivity contribution in [2.24, 2.45) is 5.92 Å². The summed E-state index contributed by atoms with van der Waals surface area (Å²) in [5.41, 5.74) is 0.740. The van der Waals surface area contributed by atoms with E-state index in [0.29, 0.717) is 12.0 Å². The molecule has 1 N–H and O–H groups in total. The highest BCUT2D eigenvalue weighted by Gasteiger charge is 2.17. The predicted molar refractivity (Wildman–Crippen MR) is 72.2 cm³/mol. The van der Waals surface area contributed by atoms with Crippen LogP contribution < -0.4 is 10.1 Å². The van der Waals surface area contributed by atoms with Crippen LogP contribution in [0.2, 0.25) is 0 Å². The standard InChI is InChI=1S/C13H20N2O3/c1-5-11(9(2)3)14-10-6-7-13(18-4)12(8-10)15(16)17/h6-9,11,14H,5H2,1-4H3. The Bertz CT molecular complexity index is 419. The maximum Gasteiger partial charge on any atom is 0.312 e. The molecule has 0 fully saturated rings. The summed E-state index contributed by atoms with van der Waals surface area (Å²) < 4.78 is 4.97. The number of ether oxygens (including phenoxy) is 1. The maximum atomic E-state index is 10.9. The smallest absolute Gasteiger partial charge is 0.312 e. The van der Waals surface area contributed by atoms with Gasteiger partial charge in [-0.3, -0.25) is 10.1 Å². The van der Waals surface area contributed by atoms with Gasteiger partial charge in [0.05, 0.1) is 12.0 Å². The van der Waals surface area contributed by atoms with E-state index in [2.05, 4.69) is 26.1 Å². The number of nitro benzene ring substituents is 1. The quantitative estimate of drug-likeness (QED) is 0.622. The molecule has 18 heavy (non-hydrogen) atoms. The van der Waals surface area contributed by atoms with Gasteiger partial charge >= 0.3 is 5.69 Å². The normalized spacial score (nSPS) is 12.3. The first-order chi connectivity index (χ1) is 8.49. The highest BCUT2D eigenvalue weighted by atomic mass is 16.6. The van der Waals surface area contributed by atoms with Crippen LogP contribution in [0, 0.1) is 16.0 Å². The molecule has 1 atom stereocenters. The number of nitrogens with one attached hydrogen (secondary N) is 1. The van der Waals surface area contributed by atoms with E-state index >= 15 is 0 Å². The molecule has 100 valence electrons. The summed E-state index contributed by atoms with van der Waals surface area (Å²) in [6.07, 6.45) is 0.970. The van der Waals surface area contributed by atoms with E-state index in [9.17, 15) is 10.1 Å². The van der Waals surface area contributed by atoms with Crippen molar-refractivity contribution < 1.29 is 9.66 Å². The average Bonchev–Trinajstić information content (AvgIpc) is 2.35. The Labute approximate surface area is 107 Å². The maximum absolute atomic E-state index is 10.9. The van der Waals surface area contributed by atoms with E-state index in [-0.39, 0.29) is 11.4 Å². The minimum atomic E-state index is -0.430. The summed E-state index contributed by atoms with van der Waals surface area (Å²) in [5, 5.41) is 14.2. The number of hydrogen-bond donors (Lipinski definition) is 1. The second-order valence-corrected chi connectivity index (χ2v) is 4.55. The first-order valence-corrected chi connectivity index (χ1v) is 6.08. The van der Waals surface area contributed by atoms with E-state index in [4.69, 9.17) is 4.74 Å². The van der Waals surface area contributed by atoms with Crippen molar-refractivity contribution in [3.8, 4) is 5.75 Å². The zero-order valence-electron chi connectivity index (χ0n) is 11.3. The van der Waals surface area contributed by atoms with Gasteiger partial charge in [0.2, 0.25) is 0 Å². The lowest BCUT2D eigenvalue weighted by Crippen LogP contribution is -2.24. The number of nitrogens with zero attached hydrogens (tertiary/aromatic N) is 1. The highest BCUT2D eigenvalue weighted by Crippen LogP contribution is 2.30. The van der Waals surface area contributed by atoms with Crippen LogP contribution >= 0.6 is 0 Å². The minimum Gasteiger partial charge on any atom is -0.490 e. The van der Waals surface area contributed by atoms with Crippen molar-refractivity contribution in [2.75, 3.05) is 12.4 Å². The van der Waals surface area contributed by atoms with Gasteiger partial charge in [-0.1, -0.05) is 20.8 Å². The summed E-state index contributed by atoms with van der Waals surface area (Å²) in [7, 11) is 1.43. The van der Waals surface area contributed by atoms with E-state index in [1.54, 1.807) is 12.1 Å². The molecule has 0 heterocycles. The largest absolute Gasteiger partial charge is 0.490 e. The molecule has 0 radical (unpaired) electrons. The Morgan fingerprint density at radius 1 is 1.44 bits per heavy atom. The molecular formula is C13H20N2O3. The van der Waals surface area contributed by atoms with Gasteiger partial charge in [-0.2, -0.15) is 0 Å². The van der Waals surface area contributed by atoms with Crippen molar-refractivity contribution >= 4 is 11.4 Å². The van der Waals surface area contributed by atoms with E-state index in [1.807, 2.05) is 0 Å². The Kier molecular flexibility index (Phi) is 4.95. The van der Waals surface area contributed by atoms with Crippen molar-refractivity contribution in [1.29, 1.82) is 0 Å². The molecule has 0 aromatic heterocycles. The van der Waals surface area contributed by atoms with Crippen LogP contribution in [0.5, 0.6) is 5.75 Å². The fourth-order valence-corrected chi connectivity index (χ4v) is 1.88. The van der Waals surface area contributed by atoms with Crippen molar-refractivity contribution in [2.45, 2.75) is 33.2 Å². The molecule has 0 saturated heterocycles. The third kappa shape index (κ3) is 3.35. The van der Waals surface area contributed by atoms with E-state index < -0.39 is 4.92 Å². The lowest BCUT2D eigenvalue weighted by molar-refractivity contribution is -0.385. The molecule has 0 aliphatic rings. The Balaban J connectivity index is 2.97. The molecular weight excluding hydrogens is 232 g/mol. The first kappa shape index (κ1) is 14.3. The predicted octanol–water partition coefficient (Wildman–Crippen LogP) is 3.45. The molecule has 5 nitrogen and oxygen atoms in total. The van der Waals surface area contributed by atoms with Crippen LogP contribution in [0.1, 0.15) is 27.2 Å². The molecule has 0 aliphatic carbocycles. The third-order valence-electron chi connectivity index (χ3n) is 2.97. The van der Waals surface area contributed by atoms with Crippen LogP contribution in [0.15, 0.2) is 18.2 Å². The Hall–Kier alpha value is -1.78. The monoisotopic (exact) mass is 252 g/mol. The van der Waals surface area contributed by atoms with Crippen LogP contribution in [0.4, 0.5) is 11.4 Å². The van der Waals surface area contributed by atoms with Crippen molar-refractivity contribution in [1.82, 2.24) is 0 Å². The van der Waals surface area contributed by atoms with Gasteiger partial charge in [-0.05, 0) is 24.5 Å². The molecule has 0 aliphatic heterocycles. The first-order valence-electron chi connectivity index (χ1n) is 6.08. The van der Waals surface area contributed by atoms with Gasteiger partial charge in [0.1, 0.15) is 0 Å². The molecule has 1 rings (SSSR count). The number of hydrogen-bond acceptors (Lipinski definition) is 4. The topological polar surface area (TPSA) is 64.4 Å². The van der Waals surface area contributed by atoms with Gasteiger partial charge in [0, 0.05) is 17.8 Å². The Morgan fingerprint density at radius 3 is 2.56 bits per heavy atom. The SMILES string of the molecule is CCC(Nc1ccc(OC)c([N+](=O)[O-])c1)C(C)C. The van der Waals surface area contributed by atoms with Gasteiger partial charge in [-0.25, -0.2) is 0 Å². The summed E-state index contributed by atoms with van der Waals surface area (Å²) in [6, 6.07) is 5.24. The van der Waals surface area contributed by atoms with E-state index in [0.717, 1.165) is 12.1 Å². The van der Waals surface area contributed by atoms with E-state index in [1.165, 1.54) is 13.2 Å². The van der Waals surface area contributed by atoms with Crippen LogP contribution in [-0.4, -0.2) is 18.1 Å². The lowest BCUT2D eigenvalue weighted by Gasteiger charge is -2.22. The lowest BCUT2D eigenvalue weighted by atomic mass is 10.0. The van der Waals surface area contributed by atoms with Gasteiger partial charge in [0.25, 0.3) is 0 Å². The summed E-state index contributed by atoms with van der Waals surface area (Å²) >= 11 is 0. The summed E-state index contributed by atoms with van der Waals surface area (Å²) in [6.45, 7) is 6.34. The van der Waals surface area contributed by atoms with Crippen molar-refractivity contribution in [3.63, 3.8) is 0 Å². The van der Waals surface area contributed by atoms with Crippen LogP contribution in [0.3, 0.4) is 0 Å². The van der Waals surface area contributed by atoms with Crippen LogP contribution in [0.25, 0.3) is 0 Å². The number of benzene rings is 1. The minimum absolute atomic E-state index is 0.0129. The molecule has 0 bridgehead atoms. The fraction of sp³-hybridized carbons (Fsp3) is 0.538. The molecule has 1 aromatic rings.